The first kappa shape index (κ1) is 30.5. The van der Waals surface area contributed by atoms with Crippen LogP contribution in [-0.2, 0) is 30.4 Å². The van der Waals surface area contributed by atoms with E-state index in [2.05, 4.69) is 16.0 Å². The van der Waals surface area contributed by atoms with Gasteiger partial charge in [0.2, 0.25) is 17.7 Å². The first-order valence-electron chi connectivity index (χ1n) is 11.5. The molecular formula is C23H35N5O8. The third kappa shape index (κ3) is 11.3. The fraction of sp³-hybridized carbons (Fsp3) is 0.522. The molecule has 0 saturated carbocycles. The van der Waals surface area contributed by atoms with Gasteiger partial charge in [-0.25, -0.2) is 4.79 Å². The third-order valence-corrected chi connectivity index (χ3v) is 5.29. The Bertz CT molecular complexity index is 883. The number of rotatable bonds is 17. The smallest absolute Gasteiger partial charge is 0.326 e. The molecule has 10 N–H and O–H groups in total. The van der Waals surface area contributed by atoms with Crippen molar-refractivity contribution >= 4 is 29.7 Å². The molecule has 0 radical (unpaired) electrons. The van der Waals surface area contributed by atoms with Gasteiger partial charge >= 0.3 is 11.9 Å². The van der Waals surface area contributed by atoms with Crippen molar-refractivity contribution in [2.24, 2.45) is 11.5 Å². The van der Waals surface area contributed by atoms with E-state index < -0.39 is 66.9 Å². The molecule has 3 amide bonds. The van der Waals surface area contributed by atoms with Crippen molar-refractivity contribution in [3.05, 3.63) is 35.9 Å². The lowest BCUT2D eigenvalue weighted by Gasteiger charge is -2.24. The molecule has 13 nitrogen and oxygen atoms in total. The van der Waals surface area contributed by atoms with Gasteiger partial charge in [0.15, 0.2) is 0 Å². The number of aliphatic carboxylic acids is 2. The summed E-state index contributed by atoms with van der Waals surface area (Å²) in [6.07, 6.45) is 0.400. The Morgan fingerprint density at radius 2 is 1.39 bits per heavy atom. The zero-order valence-electron chi connectivity index (χ0n) is 19.9. The maximum Gasteiger partial charge on any atom is 0.326 e. The lowest BCUT2D eigenvalue weighted by atomic mass is 10.1. The van der Waals surface area contributed by atoms with E-state index in [9.17, 15) is 34.2 Å². The van der Waals surface area contributed by atoms with Crippen molar-refractivity contribution in [1.29, 1.82) is 0 Å². The molecule has 0 aliphatic carbocycles. The number of hydrogen-bond acceptors (Lipinski definition) is 8. The van der Waals surface area contributed by atoms with Crippen LogP contribution < -0.4 is 27.4 Å². The highest BCUT2D eigenvalue weighted by Gasteiger charge is 2.30. The number of amides is 3. The van der Waals surface area contributed by atoms with Crippen molar-refractivity contribution < 1.29 is 39.3 Å². The van der Waals surface area contributed by atoms with Crippen LogP contribution in [0.4, 0.5) is 0 Å². The lowest BCUT2D eigenvalue weighted by Crippen LogP contribution is -2.58. The van der Waals surface area contributed by atoms with E-state index in [1.165, 1.54) is 0 Å². The Kier molecular flexibility index (Phi) is 13.7. The van der Waals surface area contributed by atoms with Gasteiger partial charge in [0.25, 0.3) is 0 Å². The average molecular weight is 510 g/mol. The summed E-state index contributed by atoms with van der Waals surface area (Å²) in [5.74, 6) is -5.12. The predicted octanol–water partition coefficient (Wildman–Crippen LogP) is -1.92. The Labute approximate surface area is 208 Å². The van der Waals surface area contributed by atoms with E-state index >= 15 is 0 Å². The summed E-state index contributed by atoms with van der Waals surface area (Å²) >= 11 is 0. The highest BCUT2D eigenvalue weighted by atomic mass is 16.4. The second-order valence-electron chi connectivity index (χ2n) is 8.22. The summed E-state index contributed by atoms with van der Waals surface area (Å²) in [5.41, 5.74) is 12.1. The zero-order valence-corrected chi connectivity index (χ0v) is 19.9. The van der Waals surface area contributed by atoms with E-state index in [4.69, 9.17) is 16.6 Å². The largest absolute Gasteiger partial charge is 0.481 e. The van der Waals surface area contributed by atoms with Crippen LogP contribution in [0.1, 0.15) is 37.7 Å². The number of aliphatic hydroxyl groups is 1. The molecule has 1 rings (SSSR count). The number of aliphatic hydroxyl groups excluding tert-OH is 1. The Morgan fingerprint density at radius 3 is 1.94 bits per heavy atom. The van der Waals surface area contributed by atoms with Crippen LogP contribution in [0, 0.1) is 0 Å². The van der Waals surface area contributed by atoms with E-state index in [-0.39, 0.29) is 19.3 Å². The molecule has 0 heterocycles. The molecule has 4 atom stereocenters. The molecule has 0 saturated heterocycles. The minimum atomic E-state index is -1.47. The monoisotopic (exact) mass is 509 g/mol. The number of carboxylic acids is 2. The van der Waals surface area contributed by atoms with Gasteiger partial charge in [0.1, 0.15) is 18.1 Å². The molecule has 13 heteroatoms. The van der Waals surface area contributed by atoms with Crippen LogP contribution >= 0.6 is 0 Å². The summed E-state index contributed by atoms with van der Waals surface area (Å²) in [4.78, 5) is 60.4. The Hall–Kier alpha value is -3.55. The van der Waals surface area contributed by atoms with Gasteiger partial charge < -0.3 is 42.7 Å². The molecule has 4 unspecified atom stereocenters. The van der Waals surface area contributed by atoms with Crippen molar-refractivity contribution in [3.63, 3.8) is 0 Å². The lowest BCUT2D eigenvalue weighted by molar-refractivity contribution is -0.143. The summed E-state index contributed by atoms with van der Waals surface area (Å²) < 4.78 is 0. The SMILES string of the molecule is NCCCCC(NC(=O)C(CCC(=O)O)NC(=O)C(CO)NC(=O)C(N)Cc1ccccc1)C(=O)O. The molecule has 1 aromatic carbocycles. The summed E-state index contributed by atoms with van der Waals surface area (Å²) in [5, 5.41) is 34.9. The van der Waals surface area contributed by atoms with E-state index in [1.54, 1.807) is 30.3 Å². The third-order valence-electron chi connectivity index (χ3n) is 5.29. The summed E-state index contributed by atoms with van der Waals surface area (Å²) in [6, 6.07) is 3.72. The predicted molar refractivity (Wildman–Crippen MR) is 128 cm³/mol. The van der Waals surface area contributed by atoms with Crippen LogP contribution in [0.2, 0.25) is 0 Å². The van der Waals surface area contributed by atoms with Crippen LogP contribution in [0.5, 0.6) is 0 Å². The van der Waals surface area contributed by atoms with Gasteiger partial charge in [0.05, 0.1) is 12.6 Å². The number of benzene rings is 1. The number of nitrogens with one attached hydrogen (secondary N) is 3. The Morgan fingerprint density at radius 1 is 0.806 bits per heavy atom. The average Bonchev–Trinajstić information content (AvgIpc) is 2.84. The van der Waals surface area contributed by atoms with Gasteiger partial charge in [-0.05, 0) is 44.2 Å². The zero-order chi connectivity index (χ0) is 27.1. The first-order chi connectivity index (χ1) is 17.1. The second-order valence-corrected chi connectivity index (χ2v) is 8.22. The molecule has 0 aromatic heterocycles. The fourth-order valence-electron chi connectivity index (χ4n) is 3.27. The summed E-state index contributed by atoms with van der Waals surface area (Å²) in [7, 11) is 0. The van der Waals surface area contributed by atoms with Crippen LogP contribution in [0.3, 0.4) is 0 Å². The fourth-order valence-corrected chi connectivity index (χ4v) is 3.27. The molecule has 0 aliphatic heterocycles. The molecular weight excluding hydrogens is 474 g/mol. The van der Waals surface area contributed by atoms with Crippen LogP contribution in [-0.4, -0.2) is 82.3 Å². The normalized spacial score (nSPS) is 14.1. The number of unbranched alkanes of at least 4 members (excludes halogenated alkanes) is 1. The first-order valence-corrected chi connectivity index (χ1v) is 11.5. The maximum absolute atomic E-state index is 12.7. The number of carbonyl (C=O) groups excluding carboxylic acids is 3. The molecule has 0 aliphatic rings. The van der Waals surface area contributed by atoms with Gasteiger partial charge in [-0.1, -0.05) is 30.3 Å². The number of carboxylic acid groups (broad SMARTS) is 2. The minimum absolute atomic E-state index is 0.0898. The molecule has 0 bridgehead atoms. The standard InChI is InChI=1S/C23H35N5O8/c24-11-5-4-8-17(23(35)36)27-21(33)16(9-10-19(30)31)26-22(34)18(13-29)28-20(32)15(25)12-14-6-2-1-3-7-14/h1-3,6-7,15-18,29H,4-5,8-13,24-25H2,(H,26,34)(H,27,33)(H,28,32)(H,30,31)(H,35,36). The quantitative estimate of drug-likeness (QED) is 0.108. The highest BCUT2D eigenvalue weighted by Crippen LogP contribution is 2.06. The number of nitrogens with two attached hydrogens (primary N) is 2. The number of hydrogen-bond donors (Lipinski definition) is 8. The van der Waals surface area contributed by atoms with Gasteiger partial charge in [0, 0.05) is 6.42 Å². The van der Waals surface area contributed by atoms with Crippen molar-refractivity contribution in [2.75, 3.05) is 13.2 Å². The molecule has 0 spiro atoms. The van der Waals surface area contributed by atoms with E-state index in [0.29, 0.717) is 19.4 Å². The summed E-state index contributed by atoms with van der Waals surface area (Å²) in [6.45, 7) is -0.472. The van der Waals surface area contributed by atoms with Gasteiger partial charge in [-0.3, -0.25) is 19.2 Å². The van der Waals surface area contributed by atoms with Crippen molar-refractivity contribution in [2.45, 2.75) is 62.7 Å². The van der Waals surface area contributed by atoms with E-state index in [0.717, 1.165) is 5.56 Å². The molecule has 36 heavy (non-hydrogen) atoms. The van der Waals surface area contributed by atoms with Crippen molar-refractivity contribution in [3.8, 4) is 0 Å². The molecule has 1 aromatic rings. The minimum Gasteiger partial charge on any atom is -0.481 e. The highest BCUT2D eigenvalue weighted by molar-refractivity contribution is 5.94. The Balaban J connectivity index is 2.84. The number of carbonyl (C=O) groups is 5. The van der Waals surface area contributed by atoms with Gasteiger partial charge in [-0.15, -0.1) is 0 Å². The van der Waals surface area contributed by atoms with Gasteiger partial charge in [-0.2, -0.15) is 0 Å². The van der Waals surface area contributed by atoms with Crippen LogP contribution in [0.15, 0.2) is 30.3 Å². The van der Waals surface area contributed by atoms with Crippen molar-refractivity contribution in [1.82, 2.24) is 16.0 Å². The van der Waals surface area contributed by atoms with E-state index in [1.807, 2.05) is 0 Å². The topological polar surface area (TPSA) is 234 Å². The second kappa shape index (κ2) is 16.2. The molecule has 200 valence electrons. The molecule has 0 fully saturated rings. The maximum atomic E-state index is 12.7. The van der Waals surface area contributed by atoms with Crippen LogP contribution in [0.25, 0.3) is 0 Å².